The summed E-state index contributed by atoms with van der Waals surface area (Å²) in [5, 5.41) is 2.75. The number of halogens is 3. The maximum atomic E-state index is 13.0. The van der Waals surface area contributed by atoms with Crippen molar-refractivity contribution in [1.29, 1.82) is 0 Å². The van der Waals surface area contributed by atoms with Crippen molar-refractivity contribution >= 4 is 11.8 Å². The number of pyridine rings is 1. The fourth-order valence-corrected chi connectivity index (χ4v) is 2.57. The highest BCUT2D eigenvalue weighted by atomic mass is 19.4. The number of aromatic nitrogens is 1. The van der Waals surface area contributed by atoms with Crippen LogP contribution in [-0.2, 0) is 10.9 Å². The Morgan fingerprint density at radius 3 is 2.62 bits per heavy atom. The van der Waals surface area contributed by atoms with Crippen molar-refractivity contribution < 1.29 is 22.7 Å². The second kappa shape index (κ2) is 6.49. The van der Waals surface area contributed by atoms with E-state index in [-0.39, 0.29) is 11.7 Å². The van der Waals surface area contributed by atoms with E-state index in [1.165, 1.54) is 13.1 Å². The topological polar surface area (TPSA) is 54.5 Å². The minimum atomic E-state index is -4.43. The number of carbonyl (C=O) groups excluding carboxylic acids is 1. The fraction of sp³-hybridized carbons (Fsp3) is 0.625. The van der Waals surface area contributed by atoms with Crippen molar-refractivity contribution in [1.82, 2.24) is 10.3 Å². The minimum absolute atomic E-state index is 0.0473. The van der Waals surface area contributed by atoms with Gasteiger partial charge in [0.1, 0.15) is 5.60 Å². The molecule has 1 aromatic rings. The van der Waals surface area contributed by atoms with Crippen LogP contribution in [-0.4, -0.2) is 35.8 Å². The van der Waals surface area contributed by atoms with E-state index in [1.807, 2.05) is 0 Å². The van der Waals surface area contributed by atoms with Crippen LogP contribution >= 0.6 is 0 Å². The second-order valence-electron chi connectivity index (χ2n) is 6.90. The Labute approximate surface area is 139 Å². The smallest absolute Gasteiger partial charge is 0.418 e. The van der Waals surface area contributed by atoms with Gasteiger partial charge in [-0.25, -0.2) is 4.79 Å². The zero-order chi connectivity index (χ0) is 18.1. The molecule has 1 aromatic heterocycles. The summed E-state index contributed by atoms with van der Waals surface area (Å²) in [5.41, 5.74) is -0.968. The highest BCUT2D eigenvalue weighted by Gasteiger charge is 2.34. The first-order valence-corrected chi connectivity index (χ1v) is 7.74. The van der Waals surface area contributed by atoms with E-state index >= 15 is 0 Å². The summed E-state index contributed by atoms with van der Waals surface area (Å²) in [6.45, 7) is 7.60. The first kappa shape index (κ1) is 18.4. The maximum Gasteiger partial charge on any atom is 0.418 e. The molecule has 8 heteroatoms. The lowest BCUT2D eigenvalue weighted by molar-refractivity contribution is -0.138. The van der Waals surface area contributed by atoms with Crippen LogP contribution in [0.5, 0.6) is 0 Å². The summed E-state index contributed by atoms with van der Waals surface area (Å²) < 4.78 is 44.2. The molecule has 0 unspecified atom stereocenters. The maximum absolute atomic E-state index is 13.0. The quantitative estimate of drug-likeness (QED) is 0.891. The van der Waals surface area contributed by atoms with E-state index in [2.05, 4.69) is 10.3 Å². The number of ether oxygens (including phenoxy) is 1. The third-order valence-electron chi connectivity index (χ3n) is 3.65. The third kappa shape index (κ3) is 4.75. The number of carbonyl (C=O) groups is 1. The molecule has 2 heterocycles. The van der Waals surface area contributed by atoms with Crippen LogP contribution < -0.4 is 10.2 Å². The Kier molecular flexibility index (Phi) is 4.96. The van der Waals surface area contributed by atoms with Crippen LogP contribution in [0.15, 0.2) is 12.3 Å². The lowest BCUT2D eigenvalue weighted by Crippen LogP contribution is -2.40. The van der Waals surface area contributed by atoms with Gasteiger partial charge in [0.2, 0.25) is 0 Å². The number of hydrogen-bond donors (Lipinski definition) is 1. The first-order valence-electron chi connectivity index (χ1n) is 7.74. The van der Waals surface area contributed by atoms with Crippen molar-refractivity contribution in [3.8, 4) is 0 Å². The van der Waals surface area contributed by atoms with Crippen molar-refractivity contribution in [3.05, 3.63) is 23.5 Å². The summed E-state index contributed by atoms with van der Waals surface area (Å²) in [6, 6.07) is 0.938. The molecule has 1 aliphatic rings. The molecule has 24 heavy (non-hydrogen) atoms. The van der Waals surface area contributed by atoms with Crippen LogP contribution in [0.3, 0.4) is 0 Å². The van der Waals surface area contributed by atoms with Crippen molar-refractivity contribution in [2.24, 2.45) is 0 Å². The minimum Gasteiger partial charge on any atom is -0.444 e. The van der Waals surface area contributed by atoms with E-state index in [1.54, 1.807) is 25.7 Å². The van der Waals surface area contributed by atoms with Gasteiger partial charge in [-0.3, -0.25) is 4.98 Å². The number of aryl methyl sites for hydroxylation is 1. The number of amides is 1. The standard InChI is InChI=1S/C16H22F3N3O2/c1-10-13(16(17,18)19)7-12(8-20-10)22-6-5-11(9-22)21-14(23)24-15(2,3)4/h7-8,11H,5-6,9H2,1-4H3,(H,21,23)/t11-/m1/s1. The average Bonchev–Trinajstić information content (AvgIpc) is 2.83. The Morgan fingerprint density at radius 1 is 1.38 bits per heavy atom. The van der Waals surface area contributed by atoms with Gasteiger partial charge in [-0.15, -0.1) is 0 Å². The molecule has 1 aliphatic heterocycles. The number of nitrogens with one attached hydrogen (secondary N) is 1. The molecule has 2 rings (SSSR count). The van der Waals surface area contributed by atoms with E-state index < -0.39 is 23.4 Å². The van der Waals surface area contributed by atoms with Gasteiger partial charge in [-0.05, 0) is 40.2 Å². The molecular weight excluding hydrogens is 323 g/mol. The molecule has 1 saturated heterocycles. The molecule has 1 N–H and O–H groups in total. The van der Waals surface area contributed by atoms with Crippen LogP contribution in [0.1, 0.15) is 38.4 Å². The van der Waals surface area contributed by atoms with E-state index in [4.69, 9.17) is 4.74 Å². The number of rotatable bonds is 2. The van der Waals surface area contributed by atoms with Gasteiger partial charge in [0.15, 0.2) is 0 Å². The third-order valence-corrected chi connectivity index (χ3v) is 3.65. The lowest BCUT2D eigenvalue weighted by Gasteiger charge is -2.23. The molecule has 0 radical (unpaired) electrons. The van der Waals surface area contributed by atoms with Gasteiger partial charge >= 0.3 is 12.3 Å². The van der Waals surface area contributed by atoms with Gasteiger partial charge in [0.25, 0.3) is 0 Å². The summed E-state index contributed by atoms with van der Waals surface area (Å²) in [4.78, 5) is 17.4. The van der Waals surface area contributed by atoms with Crippen LogP contribution in [0.2, 0.25) is 0 Å². The zero-order valence-electron chi connectivity index (χ0n) is 14.2. The molecule has 0 bridgehead atoms. The highest BCUT2D eigenvalue weighted by Crippen LogP contribution is 2.34. The SMILES string of the molecule is Cc1ncc(N2CC[C@@H](NC(=O)OC(C)(C)C)C2)cc1C(F)(F)F. The summed E-state index contributed by atoms with van der Waals surface area (Å²) in [7, 11) is 0. The first-order chi connectivity index (χ1) is 11.0. The second-order valence-corrected chi connectivity index (χ2v) is 6.90. The lowest BCUT2D eigenvalue weighted by atomic mass is 10.2. The average molecular weight is 345 g/mol. The number of hydrogen-bond acceptors (Lipinski definition) is 4. The van der Waals surface area contributed by atoms with E-state index in [9.17, 15) is 18.0 Å². The molecule has 0 saturated carbocycles. The van der Waals surface area contributed by atoms with Gasteiger partial charge in [-0.2, -0.15) is 13.2 Å². The van der Waals surface area contributed by atoms with Crippen molar-refractivity contribution in [2.45, 2.75) is 51.9 Å². The molecule has 1 amide bonds. The summed E-state index contributed by atoms with van der Waals surface area (Å²) in [5.74, 6) is 0. The number of anilines is 1. The molecule has 1 atom stereocenters. The molecule has 1 fully saturated rings. The Bertz CT molecular complexity index is 612. The van der Waals surface area contributed by atoms with E-state index in [0.29, 0.717) is 25.2 Å². The van der Waals surface area contributed by atoms with E-state index in [0.717, 1.165) is 6.07 Å². The van der Waals surface area contributed by atoms with Gasteiger partial charge < -0.3 is 15.0 Å². The van der Waals surface area contributed by atoms with Gasteiger partial charge in [0.05, 0.1) is 23.5 Å². The number of alkyl carbamates (subject to hydrolysis) is 1. The predicted octanol–water partition coefficient (Wildman–Crippen LogP) is 3.51. The summed E-state index contributed by atoms with van der Waals surface area (Å²) in [6.07, 6.45) is -2.89. The monoisotopic (exact) mass is 345 g/mol. The molecule has 0 aliphatic carbocycles. The van der Waals surface area contributed by atoms with Crippen molar-refractivity contribution in [2.75, 3.05) is 18.0 Å². The largest absolute Gasteiger partial charge is 0.444 e. The summed E-state index contributed by atoms with van der Waals surface area (Å²) >= 11 is 0. The highest BCUT2D eigenvalue weighted by molar-refractivity contribution is 5.68. The predicted molar refractivity (Wildman–Crippen MR) is 84.0 cm³/mol. The Hall–Kier alpha value is -1.99. The molecular formula is C16H22F3N3O2. The van der Waals surface area contributed by atoms with Crippen LogP contribution in [0.25, 0.3) is 0 Å². The fourth-order valence-electron chi connectivity index (χ4n) is 2.57. The van der Waals surface area contributed by atoms with Crippen LogP contribution in [0.4, 0.5) is 23.7 Å². The van der Waals surface area contributed by atoms with Gasteiger partial charge in [0, 0.05) is 18.8 Å². The number of nitrogens with zero attached hydrogens (tertiary/aromatic N) is 2. The van der Waals surface area contributed by atoms with Crippen LogP contribution in [0, 0.1) is 6.92 Å². The Balaban J connectivity index is 2.02. The zero-order valence-corrected chi connectivity index (χ0v) is 14.2. The molecule has 134 valence electrons. The molecule has 0 spiro atoms. The van der Waals surface area contributed by atoms with Crippen molar-refractivity contribution in [3.63, 3.8) is 0 Å². The Morgan fingerprint density at radius 2 is 2.04 bits per heavy atom. The molecule has 5 nitrogen and oxygen atoms in total. The normalized spacial score (nSPS) is 18.6. The number of alkyl halides is 3. The molecule has 0 aromatic carbocycles. The van der Waals surface area contributed by atoms with Gasteiger partial charge in [-0.1, -0.05) is 0 Å².